The average Bonchev–Trinajstić information content (AvgIpc) is 2.61. The average molecular weight is 392 g/mol. The van der Waals surface area contributed by atoms with Gasteiger partial charge in [0.2, 0.25) is 5.91 Å². The van der Waals surface area contributed by atoms with E-state index in [0.29, 0.717) is 37.6 Å². The molecule has 7 heteroatoms. The molecule has 0 N–H and O–H groups in total. The molecule has 24 heavy (non-hydrogen) atoms. The second-order valence-corrected chi connectivity index (χ2v) is 6.48. The van der Waals surface area contributed by atoms with Crippen LogP contribution in [0.4, 0.5) is 0 Å². The number of hydrogen-bond donors (Lipinski definition) is 0. The Bertz CT molecular complexity index is 801. The molecular weight excluding hydrogens is 374 g/mol. The van der Waals surface area contributed by atoms with Crippen LogP contribution < -0.4 is 4.74 Å². The number of benzene rings is 1. The second kappa shape index (κ2) is 6.76. The number of nitrogens with zero attached hydrogens (tertiary/aromatic N) is 3. The van der Waals surface area contributed by atoms with Crippen molar-refractivity contribution in [3.63, 3.8) is 0 Å². The van der Waals surface area contributed by atoms with Gasteiger partial charge in [-0.15, -0.1) is 0 Å². The summed E-state index contributed by atoms with van der Waals surface area (Å²) in [6, 6.07) is 5.54. The fourth-order valence-electron chi connectivity index (χ4n) is 2.95. The number of carbonyl (C=O) groups is 2. The lowest BCUT2D eigenvalue weighted by molar-refractivity contribution is -0.130. The van der Waals surface area contributed by atoms with Gasteiger partial charge in [-0.1, -0.05) is 15.9 Å². The molecule has 0 spiro atoms. The Morgan fingerprint density at radius 1 is 1.12 bits per heavy atom. The highest BCUT2D eigenvalue weighted by Crippen LogP contribution is 2.33. The molecule has 3 rings (SSSR count). The van der Waals surface area contributed by atoms with Crippen molar-refractivity contribution in [1.29, 1.82) is 0 Å². The van der Waals surface area contributed by atoms with Crippen LogP contribution in [0.5, 0.6) is 5.75 Å². The first-order valence-corrected chi connectivity index (χ1v) is 8.48. The number of rotatable bonds is 2. The number of piperazine rings is 1. The van der Waals surface area contributed by atoms with Crippen LogP contribution in [-0.4, -0.2) is 59.9 Å². The lowest BCUT2D eigenvalue weighted by Gasteiger charge is -2.34. The van der Waals surface area contributed by atoms with E-state index < -0.39 is 0 Å². The number of pyridine rings is 1. The molecule has 0 bridgehead atoms. The van der Waals surface area contributed by atoms with Crippen molar-refractivity contribution >= 4 is 38.5 Å². The number of ether oxygens (including phenoxy) is 1. The van der Waals surface area contributed by atoms with Crippen LogP contribution in [0, 0.1) is 0 Å². The molecule has 0 aliphatic carbocycles. The van der Waals surface area contributed by atoms with Gasteiger partial charge in [-0.25, -0.2) is 0 Å². The van der Waals surface area contributed by atoms with Crippen molar-refractivity contribution in [2.45, 2.75) is 6.92 Å². The van der Waals surface area contributed by atoms with Crippen LogP contribution in [-0.2, 0) is 4.79 Å². The molecule has 2 amide bonds. The molecule has 0 atom stereocenters. The summed E-state index contributed by atoms with van der Waals surface area (Å²) in [4.78, 5) is 32.2. The van der Waals surface area contributed by atoms with Crippen LogP contribution >= 0.6 is 15.9 Å². The third-order valence-corrected chi connectivity index (χ3v) is 4.93. The standard InChI is InChI=1S/C17H18BrN3O3/c1-11(22)20-7-9-21(10-8-20)17(23)16-15-12(5-6-19-16)14(24-2)4-3-13(15)18/h3-6H,7-10H2,1-2H3. The Morgan fingerprint density at radius 2 is 1.79 bits per heavy atom. The number of methoxy groups -OCH3 is 1. The Labute approximate surface area is 148 Å². The SMILES string of the molecule is COc1ccc(Br)c2c(C(=O)N3CCN(C(C)=O)CC3)nccc12. The van der Waals surface area contributed by atoms with Crippen molar-refractivity contribution in [3.05, 3.63) is 34.6 Å². The molecule has 0 saturated carbocycles. The lowest BCUT2D eigenvalue weighted by Crippen LogP contribution is -2.50. The van der Waals surface area contributed by atoms with E-state index in [1.807, 2.05) is 18.2 Å². The fourth-order valence-corrected chi connectivity index (χ4v) is 3.48. The van der Waals surface area contributed by atoms with E-state index in [2.05, 4.69) is 20.9 Å². The second-order valence-electron chi connectivity index (χ2n) is 5.63. The summed E-state index contributed by atoms with van der Waals surface area (Å²) in [6.45, 7) is 3.68. The smallest absolute Gasteiger partial charge is 0.273 e. The molecule has 1 aromatic heterocycles. The molecule has 1 aliphatic heterocycles. The highest BCUT2D eigenvalue weighted by Gasteiger charge is 2.26. The van der Waals surface area contributed by atoms with E-state index in [0.717, 1.165) is 15.2 Å². The highest BCUT2D eigenvalue weighted by atomic mass is 79.9. The van der Waals surface area contributed by atoms with Gasteiger partial charge in [-0.05, 0) is 18.2 Å². The van der Waals surface area contributed by atoms with E-state index in [-0.39, 0.29) is 11.8 Å². The number of hydrogen-bond acceptors (Lipinski definition) is 4. The van der Waals surface area contributed by atoms with Gasteiger partial charge in [0.25, 0.3) is 5.91 Å². The van der Waals surface area contributed by atoms with Crippen LogP contribution in [0.25, 0.3) is 10.8 Å². The molecule has 2 aromatic rings. The minimum absolute atomic E-state index is 0.0397. The first kappa shape index (κ1) is 16.7. The molecule has 1 fully saturated rings. The van der Waals surface area contributed by atoms with Gasteiger partial charge in [-0.2, -0.15) is 0 Å². The van der Waals surface area contributed by atoms with Crippen molar-refractivity contribution in [2.24, 2.45) is 0 Å². The van der Waals surface area contributed by atoms with Gasteiger partial charge >= 0.3 is 0 Å². The predicted octanol–water partition coefficient (Wildman–Crippen LogP) is 2.31. The van der Waals surface area contributed by atoms with Gasteiger partial charge < -0.3 is 14.5 Å². The van der Waals surface area contributed by atoms with Gasteiger partial charge in [0.15, 0.2) is 0 Å². The molecular formula is C17H18BrN3O3. The zero-order valence-corrected chi connectivity index (χ0v) is 15.2. The minimum atomic E-state index is -0.127. The lowest BCUT2D eigenvalue weighted by atomic mass is 10.1. The van der Waals surface area contributed by atoms with Crippen molar-refractivity contribution in [3.8, 4) is 5.75 Å². The zero-order valence-electron chi connectivity index (χ0n) is 13.6. The van der Waals surface area contributed by atoms with Crippen molar-refractivity contribution in [2.75, 3.05) is 33.3 Å². The van der Waals surface area contributed by atoms with Crippen molar-refractivity contribution < 1.29 is 14.3 Å². The minimum Gasteiger partial charge on any atom is -0.496 e. The number of fused-ring (bicyclic) bond motifs is 1. The molecule has 6 nitrogen and oxygen atoms in total. The van der Waals surface area contributed by atoms with E-state index in [1.165, 1.54) is 0 Å². The van der Waals surface area contributed by atoms with Crippen LogP contribution in [0.2, 0.25) is 0 Å². The quantitative estimate of drug-likeness (QED) is 0.787. The van der Waals surface area contributed by atoms with Gasteiger partial charge in [0.1, 0.15) is 11.4 Å². The molecule has 1 aliphatic rings. The molecule has 2 heterocycles. The van der Waals surface area contributed by atoms with Crippen molar-refractivity contribution in [1.82, 2.24) is 14.8 Å². The van der Waals surface area contributed by atoms with E-state index in [4.69, 9.17) is 4.74 Å². The predicted molar refractivity (Wildman–Crippen MR) is 94.2 cm³/mol. The molecule has 0 radical (unpaired) electrons. The molecule has 1 aromatic carbocycles. The summed E-state index contributed by atoms with van der Waals surface area (Å²) >= 11 is 3.51. The van der Waals surface area contributed by atoms with Gasteiger partial charge in [0.05, 0.1) is 7.11 Å². The number of halogens is 1. The first-order valence-electron chi connectivity index (χ1n) is 7.69. The monoisotopic (exact) mass is 391 g/mol. The topological polar surface area (TPSA) is 62.7 Å². The normalized spacial score (nSPS) is 14.8. The highest BCUT2D eigenvalue weighted by molar-refractivity contribution is 9.10. The van der Waals surface area contributed by atoms with E-state index in [9.17, 15) is 9.59 Å². The molecule has 1 saturated heterocycles. The summed E-state index contributed by atoms with van der Waals surface area (Å²) in [5, 5.41) is 1.59. The number of aromatic nitrogens is 1. The molecule has 126 valence electrons. The third kappa shape index (κ3) is 2.96. The largest absolute Gasteiger partial charge is 0.496 e. The zero-order chi connectivity index (χ0) is 17.3. The Kier molecular flexibility index (Phi) is 4.71. The van der Waals surface area contributed by atoms with Gasteiger partial charge in [-0.3, -0.25) is 14.6 Å². The van der Waals surface area contributed by atoms with E-state index in [1.54, 1.807) is 30.0 Å². The maximum atomic E-state index is 12.9. The fraction of sp³-hybridized carbons (Fsp3) is 0.353. The third-order valence-electron chi connectivity index (χ3n) is 4.27. The maximum absolute atomic E-state index is 12.9. The van der Waals surface area contributed by atoms with Crippen LogP contribution in [0.15, 0.2) is 28.9 Å². The van der Waals surface area contributed by atoms with Gasteiger partial charge in [0, 0.05) is 54.5 Å². The summed E-state index contributed by atoms with van der Waals surface area (Å²) in [5.74, 6) is 0.613. The number of amides is 2. The summed E-state index contributed by atoms with van der Waals surface area (Å²) in [5.41, 5.74) is 0.398. The Morgan fingerprint density at radius 3 is 2.42 bits per heavy atom. The summed E-state index contributed by atoms with van der Waals surface area (Å²) in [7, 11) is 1.60. The Balaban J connectivity index is 1.95. The number of carbonyl (C=O) groups excluding carboxylic acids is 2. The van der Waals surface area contributed by atoms with Crippen LogP contribution in [0.3, 0.4) is 0 Å². The summed E-state index contributed by atoms with van der Waals surface area (Å²) < 4.78 is 6.19. The van der Waals surface area contributed by atoms with Crippen LogP contribution in [0.1, 0.15) is 17.4 Å². The summed E-state index contributed by atoms with van der Waals surface area (Å²) in [6.07, 6.45) is 1.62. The maximum Gasteiger partial charge on any atom is 0.273 e. The van der Waals surface area contributed by atoms with E-state index >= 15 is 0 Å². The Hall–Kier alpha value is -2.15. The first-order chi connectivity index (χ1) is 11.5. The molecule has 0 unspecified atom stereocenters.